The molecule has 0 radical (unpaired) electrons. The van der Waals surface area contributed by atoms with Crippen molar-refractivity contribution in [1.82, 2.24) is 0 Å². The summed E-state index contributed by atoms with van der Waals surface area (Å²) in [7, 11) is 0. The minimum Gasteiger partial charge on any atom is -0.406 e. The molecule has 0 amide bonds. The van der Waals surface area contributed by atoms with E-state index in [-0.39, 0.29) is 5.75 Å². The van der Waals surface area contributed by atoms with Crippen LogP contribution >= 0.6 is 0 Å². The van der Waals surface area contributed by atoms with E-state index in [1.54, 1.807) is 18.2 Å². The normalized spacial score (nSPS) is 10.8. The van der Waals surface area contributed by atoms with E-state index in [0.717, 1.165) is 5.56 Å². The summed E-state index contributed by atoms with van der Waals surface area (Å²) >= 11 is 0. The van der Waals surface area contributed by atoms with Gasteiger partial charge in [0.1, 0.15) is 5.75 Å². The summed E-state index contributed by atoms with van der Waals surface area (Å²) in [4.78, 5) is 0. The molecule has 0 aromatic heterocycles. The predicted molar refractivity (Wildman–Crippen MR) is 71.6 cm³/mol. The molecule has 2 aromatic carbocycles. The van der Waals surface area contributed by atoms with Gasteiger partial charge in [0.05, 0.1) is 11.6 Å². The van der Waals surface area contributed by atoms with Gasteiger partial charge in [-0.25, -0.2) is 0 Å². The van der Waals surface area contributed by atoms with Crippen molar-refractivity contribution in [3.05, 3.63) is 59.7 Å². The van der Waals surface area contributed by atoms with Gasteiger partial charge >= 0.3 is 6.36 Å². The number of anilines is 1. The molecule has 0 atom stereocenters. The van der Waals surface area contributed by atoms with E-state index in [9.17, 15) is 13.2 Å². The number of nitriles is 1. The van der Waals surface area contributed by atoms with Crippen molar-refractivity contribution in [2.75, 3.05) is 5.32 Å². The Morgan fingerprint density at radius 3 is 2.43 bits per heavy atom. The lowest BCUT2D eigenvalue weighted by Crippen LogP contribution is -2.17. The number of nitrogens with zero attached hydrogens (tertiary/aromatic N) is 1. The summed E-state index contributed by atoms with van der Waals surface area (Å²) in [6.45, 7) is 0.467. The third-order valence-electron chi connectivity index (χ3n) is 2.64. The fourth-order valence-corrected chi connectivity index (χ4v) is 1.73. The van der Waals surface area contributed by atoms with Crippen LogP contribution in [0.5, 0.6) is 5.75 Å². The van der Waals surface area contributed by atoms with Crippen LogP contribution < -0.4 is 10.1 Å². The monoisotopic (exact) mass is 292 g/mol. The second-order valence-corrected chi connectivity index (χ2v) is 4.24. The third kappa shape index (κ3) is 4.73. The van der Waals surface area contributed by atoms with Gasteiger partial charge in [0.15, 0.2) is 0 Å². The van der Waals surface area contributed by atoms with E-state index in [4.69, 9.17) is 5.26 Å². The topological polar surface area (TPSA) is 45.0 Å². The van der Waals surface area contributed by atoms with E-state index in [1.165, 1.54) is 24.3 Å². The fraction of sp³-hybridized carbons (Fsp3) is 0.133. The smallest absolute Gasteiger partial charge is 0.406 e. The van der Waals surface area contributed by atoms with Gasteiger partial charge in [-0.3, -0.25) is 0 Å². The SMILES string of the molecule is N#Cc1cccc(CNc2ccc(OC(F)(F)F)cc2)c1. The number of alkyl halides is 3. The van der Waals surface area contributed by atoms with Crippen molar-refractivity contribution in [3.8, 4) is 11.8 Å². The third-order valence-corrected chi connectivity index (χ3v) is 2.64. The molecule has 0 spiro atoms. The van der Waals surface area contributed by atoms with Crippen molar-refractivity contribution in [2.45, 2.75) is 12.9 Å². The van der Waals surface area contributed by atoms with Crippen LogP contribution in [-0.2, 0) is 6.54 Å². The van der Waals surface area contributed by atoms with E-state index in [0.29, 0.717) is 17.8 Å². The number of hydrogen-bond donors (Lipinski definition) is 1. The zero-order valence-electron chi connectivity index (χ0n) is 10.8. The van der Waals surface area contributed by atoms with Crippen molar-refractivity contribution < 1.29 is 17.9 Å². The molecule has 0 fully saturated rings. The van der Waals surface area contributed by atoms with E-state index >= 15 is 0 Å². The molecule has 0 bridgehead atoms. The number of benzene rings is 2. The summed E-state index contributed by atoms with van der Waals surface area (Å²) in [6, 6.07) is 14.6. The molecule has 0 aliphatic rings. The molecule has 0 aliphatic carbocycles. The van der Waals surface area contributed by atoms with Crippen LogP contribution in [0.4, 0.5) is 18.9 Å². The molecule has 1 N–H and O–H groups in total. The summed E-state index contributed by atoms with van der Waals surface area (Å²) in [6.07, 6.45) is -4.69. The Balaban J connectivity index is 1.96. The molecule has 2 aromatic rings. The lowest BCUT2D eigenvalue weighted by molar-refractivity contribution is -0.274. The van der Waals surface area contributed by atoms with Crippen molar-refractivity contribution in [2.24, 2.45) is 0 Å². The Kier molecular flexibility index (Phi) is 4.33. The average Bonchev–Trinajstić information content (AvgIpc) is 2.45. The van der Waals surface area contributed by atoms with Gasteiger partial charge < -0.3 is 10.1 Å². The summed E-state index contributed by atoms with van der Waals surface area (Å²) < 4.78 is 39.8. The van der Waals surface area contributed by atoms with Gasteiger partial charge in [-0.2, -0.15) is 5.26 Å². The van der Waals surface area contributed by atoms with Crippen molar-refractivity contribution in [3.63, 3.8) is 0 Å². The maximum atomic E-state index is 12.0. The molecule has 0 aliphatic heterocycles. The summed E-state index contributed by atoms with van der Waals surface area (Å²) in [5.41, 5.74) is 2.12. The maximum absolute atomic E-state index is 12.0. The molecule has 0 heterocycles. The van der Waals surface area contributed by atoms with Crippen LogP contribution in [0.3, 0.4) is 0 Å². The quantitative estimate of drug-likeness (QED) is 0.924. The average molecular weight is 292 g/mol. The van der Waals surface area contributed by atoms with Crippen LogP contribution in [0, 0.1) is 11.3 Å². The predicted octanol–water partition coefficient (Wildman–Crippen LogP) is 4.07. The maximum Gasteiger partial charge on any atom is 0.573 e. The molecule has 6 heteroatoms. The highest BCUT2D eigenvalue weighted by atomic mass is 19.4. The Hall–Kier alpha value is -2.68. The molecule has 0 saturated carbocycles. The van der Waals surface area contributed by atoms with Gasteiger partial charge in [-0.05, 0) is 42.0 Å². The van der Waals surface area contributed by atoms with E-state index in [1.807, 2.05) is 12.1 Å². The zero-order chi connectivity index (χ0) is 15.3. The first-order chi connectivity index (χ1) is 9.96. The number of halogens is 3. The second-order valence-electron chi connectivity index (χ2n) is 4.24. The Morgan fingerprint density at radius 1 is 1.10 bits per heavy atom. The highest BCUT2D eigenvalue weighted by Crippen LogP contribution is 2.24. The van der Waals surface area contributed by atoms with Gasteiger partial charge in [-0.15, -0.1) is 13.2 Å². The lowest BCUT2D eigenvalue weighted by Gasteiger charge is -2.10. The van der Waals surface area contributed by atoms with Crippen LogP contribution in [-0.4, -0.2) is 6.36 Å². The number of rotatable bonds is 4. The van der Waals surface area contributed by atoms with Crippen molar-refractivity contribution in [1.29, 1.82) is 5.26 Å². The number of nitrogens with one attached hydrogen (secondary N) is 1. The Bertz CT molecular complexity index is 645. The molecule has 0 unspecified atom stereocenters. The lowest BCUT2D eigenvalue weighted by atomic mass is 10.1. The molecule has 0 saturated heterocycles. The number of ether oxygens (including phenoxy) is 1. The largest absolute Gasteiger partial charge is 0.573 e. The summed E-state index contributed by atoms with van der Waals surface area (Å²) in [5, 5.41) is 11.9. The first-order valence-corrected chi connectivity index (χ1v) is 6.05. The van der Waals surface area contributed by atoms with Crippen LogP contribution in [0.1, 0.15) is 11.1 Å². The molecule has 21 heavy (non-hydrogen) atoms. The molecule has 2 rings (SSSR count). The Labute approximate surface area is 119 Å². The first-order valence-electron chi connectivity index (χ1n) is 6.05. The van der Waals surface area contributed by atoms with Crippen LogP contribution in [0.25, 0.3) is 0 Å². The molecule has 3 nitrogen and oxygen atoms in total. The van der Waals surface area contributed by atoms with Crippen LogP contribution in [0.15, 0.2) is 48.5 Å². The van der Waals surface area contributed by atoms with E-state index in [2.05, 4.69) is 10.1 Å². The second kappa shape index (κ2) is 6.18. The first kappa shape index (κ1) is 14.7. The zero-order valence-corrected chi connectivity index (χ0v) is 10.8. The number of hydrogen-bond acceptors (Lipinski definition) is 3. The fourth-order valence-electron chi connectivity index (χ4n) is 1.73. The molecular weight excluding hydrogens is 281 g/mol. The van der Waals surface area contributed by atoms with Crippen molar-refractivity contribution >= 4 is 5.69 Å². The van der Waals surface area contributed by atoms with Gasteiger partial charge in [0.25, 0.3) is 0 Å². The van der Waals surface area contributed by atoms with Crippen LogP contribution in [0.2, 0.25) is 0 Å². The minimum atomic E-state index is -4.69. The summed E-state index contributed by atoms with van der Waals surface area (Å²) in [5.74, 6) is -0.264. The minimum absolute atomic E-state index is 0.264. The Morgan fingerprint density at radius 2 is 1.81 bits per heavy atom. The molecule has 108 valence electrons. The van der Waals surface area contributed by atoms with E-state index < -0.39 is 6.36 Å². The van der Waals surface area contributed by atoms with Gasteiger partial charge in [-0.1, -0.05) is 12.1 Å². The standard InChI is InChI=1S/C15H11F3N2O/c16-15(17,18)21-14-6-4-13(5-7-14)20-10-12-3-1-2-11(8-12)9-19/h1-8,20H,10H2. The highest BCUT2D eigenvalue weighted by Gasteiger charge is 2.30. The van der Waals surface area contributed by atoms with Gasteiger partial charge in [0, 0.05) is 12.2 Å². The molecular formula is C15H11F3N2O. The highest BCUT2D eigenvalue weighted by molar-refractivity contribution is 5.47. The van der Waals surface area contributed by atoms with Gasteiger partial charge in [0.2, 0.25) is 0 Å².